The van der Waals surface area contributed by atoms with E-state index in [1.54, 1.807) is 0 Å². The number of fused-ring (bicyclic) bond motifs is 1. The Morgan fingerprint density at radius 3 is 2.68 bits per heavy atom. The normalized spacial score (nSPS) is 32.9. The van der Waals surface area contributed by atoms with Crippen LogP contribution in [0.25, 0.3) is 5.70 Å². The minimum Gasteiger partial charge on any atom is -0.398 e. The summed E-state index contributed by atoms with van der Waals surface area (Å²) in [6.45, 7) is 9.08. The maximum Gasteiger partial charge on any atom is 0.0393 e. The molecule has 0 saturated carbocycles. The first-order valence-electron chi connectivity index (χ1n) is 7.22. The summed E-state index contributed by atoms with van der Waals surface area (Å²) in [4.78, 5) is 0. The maximum atomic E-state index is 6.32. The van der Waals surface area contributed by atoms with Crippen LogP contribution in [0.15, 0.2) is 42.0 Å². The average molecular weight is 255 g/mol. The lowest BCUT2D eigenvalue weighted by Crippen LogP contribution is -2.25. The third kappa shape index (κ3) is 2.75. The summed E-state index contributed by atoms with van der Waals surface area (Å²) in [5, 5.41) is 0. The topological polar surface area (TPSA) is 26.0 Å². The highest BCUT2D eigenvalue weighted by Crippen LogP contribution is 2.39. The van der Waals surface area contributed by atoms with E-state index in [4.69, 9.17) is 5.73 Å². The lowest BCUT2D eigenvalue weighted by Gasteiger charge is -2.32. The molecule has 1 aromatic carbocycles. The summed E-state index contributed by atoms with van der Waals surface area (Å²) >= 11 is 0. The van der Waals surface area contributed by atoms with Crippen LogP contribution in [0.5, 0.6) is 0 Å². The number of allylic oxidation sites excluding steroid dienone is 3. The average Bonchev–Trinajstić information content (AvgIpc) is 2.40. The van der Waals surface area contributed by atoms with E-state index in [0.717, 1.165) is 12.1 Å². The van der Waals surface area contributed by atoms with Crippen LogP contribution in [-0.2, 0) is 5.41 Å². The molecule has 0 fully saturated rings. The van der Waals surface area contributed by atoms with Crippen LogP contribution in [0.2, 0.25) is 0 Å². The van der Waals surface area contributed by atoms with E-state index in [-0.39, 0.29) is 5.41 Å². The van der Waals surface area contributed by atoms with Crippen molar-refractivity contribution in [3.8, 4) is 0 Å². The predicted octanol–water partition coefficient (Wildman–Crippen LogP) is 4.64. The molecular weight excluding hydrogens is 230 g/mol. The smallest absolute Gasteiger partial charge is 0.0393 e. The van der Waals surface area contributed by atoms with Gasteiger partial charge < -0.3 is 5.73 Å². The molecule has 102 valence electrons. The Labute approximate surface area is 117 Å². The number of rotatable bonds is 1. The van der Waals surface area contributed by atoms with Gasteiger partial charge in [0, 0.05) is 11.3 Å². The van der Waals surface area contributed by atoms with Gasteiger partial charge in [0.15, 0.2) is 0 Å². The minimum absolute atomic E-state index is 0.190. The zero-order chi connectivity index (χ0) is 14.0. The van der Waals surface area contributed by atoms with Crippen LogP contribution >= 0.6 is 0 Å². The molecule has 1 nitrogen and oxygen atoms in total. The monoisotopic (exact) mass is 255 g/mol. The number of hydrogen-bond acceptors (Lipinski definition) is 1. The van der Waals surface area contributed by atoms with Crippen LogP contribution in [-0.4, -0.2) is 0 Å². The second-order valence-corrected chi connectivity index (χ2v) is 6.15. The van der Waals surface area contributed by atoms with Gasteiger partial charge >= 0.3 is 0 Å². The third-order valence-corrected chi connectivity index (χ3v) is 4.37. The van der Waals surface area contributed by atoms with Crippen LogP contribution in [0.3, 0.4) is 0 Å². The Morgan fingerprint density at radius 1 is 1.32 bits per heavy atom. The first-order chi connectivity index (χ1) is 8.96. The van der Waals surface area contributed by atoms with Crippen LogP contribution in [0.4, 0.5) is 0 Å². The van der Waals surface area contributed by atoms with Crippen LogP contribution in [0, 0.1) is 5.92 Å². The highest BCUT2D eigenvalue weighted by atomic mass is 14.6. The van der Waals surface area contributed by atoms with E-state index in [0.29, 0.717) is 5.92 Å². The van der Waals surface area contributed by atoms with Crippen molar-refractivity contribution in [1.29, 1.82) is 0 Å². The molecule has 1 aliphatic rings. The third-order valence-electron chi connectivity index (χ3n) is 4.37. The predicted molar refractivity (Wildman–Crippen MR) is 83.8 cm³/mol. The molecule has 1 aromatic rings. The Balaban J connectivity index is 2.66. The van der Waals surface area contributed by atoms with Crippen molar-refractivity contribution in [3.63, 3.8) is 0 Å². The second kappa shape index (κ2) is 5.24. The van der Waals surface area contributed by atoms with Crippen molar-refractivity contribution in [3.05, 3.63) is 53.1 Å². The highest BCUT2D eigenvalue weighted by molar-refractivity contribution is 5.69. The van der Waals surface area contributed by atoms with Gasteiger partial charge in [0.25, 0.3) is 0 Å². The number of hydrogen-bond donors (Lipinski definition) is 1. The molecule has 0 aromatic heterocycles. The van der Waals surface area contributed by atoms with Gasteiger partial charge in [-0.1, -0.05) is 56.7 Å². The molecule has 1 aliphatic carbocycles. The van der Waals surface area contributed by atoms with Crippen molar-refractivity contribution in [2.24, 2.45) is 11.7 Å². The molecule has 0 bridgehead atoms. The first-order valence-corrected chi connectivity index (χ1v) is 7.22. The lowest BCUT2D eigenvalue weighted by atomic mass is 9.72. The van der Waals surface area contributed by atoms with Crippen molar-refractivity contribution in [1.82, 2.24) is 0 Å². The van der Waals surface area contributed by atoms with E-state index < -0.39 is 0 Å². The molecule has 2 rings (SSSR count). The zero-order valence-electron chi connectivity index (χ0n) is 12.5. The van der Waals surface area contributed by atoms with Gasteiger partial charge in [-0.15, -0.1) is 0 Å². The van der Waals surface area contributed by atoms with Crippen molar-refractivity contribution < 1.29 is 0 Å². The molecule has 19 heavy (non-hydrogen) atoms. The standard InChI is InChI=1S/C18H25N/c1-5-18(4)12-14(3)10-13(2)11-17(19)15-8-6-7-9-16(15)18/h6-11,14H,5,12,19H2,1-4H3/b13-10-,17-11-/t14?,18-/m1/s1. The molecular formula is C18H25N. The Hall–Kier alpha value is -1.50. The summed E-state index contributed by atoms with van der Waals surface area (Å²) in [6, 6.07) is 8.60. The van der Waals surface area contributed by atoms with Crippen molar-refractivity contribution in [2.45, 2.75) is 46.0 Å². The summed E-state index contributed by atoms with van der Waals surface area (Å²) in [6.07, 6.45) is 6.75. The van der Waals surface area contributed by atoms with Gasteiger partial charge in [0.1, 0.15) is 0 Å². The Morgan fingerprint density at radius 2 is 2.00 bits per heavy atom. The van der Waals surface area contributed by atoms with E-state index in [1.165, 1.54) is 23.1 Å². The first kappa shape index (κ1) is 13.9. The summed E-state index contributed by atoms with van der Waals surface area (Å²) in [7, 11) is 0. The quantitative estimate of drug-likeness (QED) is 0.777. The molecule has 1 heteroatoms. The largest absolute Gasteiger partial charge is 0.398 e. The minimum atomic E-state index is 0.190. The second-order valence-electron chi connectivity index (χ2n) is 6.15. The molecule has 0 amide bonds. The van der Waals surface area contributed by atoms with Gasteiger partial charge in [-0.2, -0.15) is 0 Å². The molecule has 0 radical (unpaired) electrons. The van der Waals surface area contributed by atoms with E-state index in [9.17, 15) is 0 Å². The van der Waals surface area contributed by atoms with Gasteiger partial charge in [-0.25, -0.2) is 0 Å². The highest BCUT2D eigenvalue weighted by Gasteiger charge is 2.29. The zero-order valence-corrected chi connectivity index (χ0v) is 12.5. The van der Waals surface area contributed by atoms with E-state index >= 15 is 0 Å². The maximum absolute atomic E-state index is 6.32. The fraction of sp³-hybridized carbons (Fsp3) is 0.444. The SMILES string of the molecule is CC[C@]1(C)CC(C)/C=C(C)\C=C(/N)c2ccccc21. The molecule has 2 N–H and O–H groups in total. The lowest BCUT2D eigenvalue weighted by molar-refractivity contribution is 0.374. The molecule has 0 spiro atoms. The molecule has 0 saturated heterocycles. The van der Waals surface area contributed by atoms with E-state index in [2.05, 4.69) is 64.1 Å². The van der Waals surface area contributed by atoms with Crippen molar-refractivity contribution in [2.75, 3.05) is 0 Å². The summed E-state index contributed by atoms with van der Waals surface area (Å²) in [5.41, 5.74) is 11.3. The number of benzene rings is 1. The molecule has 2 atom stereocenters. The van der Waals surface area contributed by atoms with Gasteiger partial charge in [0.05, 0.1) is 0 Å². The fourth-order valence-electron chi connectivity index (χ4n) is 3.30. The number of nitrogens with two attached hydrogens (primary N) is 1. The Bertz CT molecular complexity index is 524. The summed E-state index contributed by atoms with van der Waals surface area (Å²) in [5.74, 6) is 0.570. The van der Waals surface area contributed by atoms with Gasteiger partial charge in [-0.3, -0.25) is 0 Å². The molecule has 0 aliphatic heterocycles. The van der Waals surface area contributed by atoms with E-state index in [1.807, 2.05) is 0 Å². The van der Waals surface area contributed by atoms with Crippen LogP contribution < -0.4 is 5.73 Å². The van der Waals surface area contributed by atoms with Gasteiger partial charge in [0.2, 0.25) is 0 Å². The molecule has 1 unspecified atom stereocenters. The van der Waals surface area contributed by atoms with Crippen molar-refractivity contribution >= 4 is 5.70 Å². The summed E-state index contributed by atoms with van der Waals surface area (Å²) < 4.78 is 0. The molecule has 0 heterocycles. The van der Waals surface area contributed by atoms with Crippen LogP contribution in [0.1, 0.15) is 51.7 Å². The fourth-order valence-corrected chi connectivity index (χ4v) is 3.30. The van der Waals surface area contributed by atoms with Gasteiger partial charge in [-0.05, 0) is 42.7 Å². The Kier molecular flexibility index (Phi) is 3.84.